The van der Waals surface area contributed by atoms with Crippen molar-refractivity contribution >= 4 is 59.7 Å². The summed E-state index contributed by atoms with van der Waals surface area (Å²) >= 11 is 11.6. The molecule has 26 heavy (non-hydrogen) atoms. The quantitative estimate of drug-likeness (QED) is 0.365. The van der Waals surface area contributed by atoms with Crippen LogP contribution in [0.1, 0.15) is 24.0 Å². The van der Waals surface area contributed by atoms with Crippen LogP contribution in [-0.2, 0) is 12.8 Å². The van der Waals surface area contributed by atoms with Crippen LogP contribution in [0.15, 0.2) is 48.5 Å². The molecule has 0 aromatic heterocycles. The summed E-state index contributed by atoms with van der Waals surface area (Å²) in [4.78, 5) is 0. The highest BCUT2D eigenvalue weighted by Crippen LogP contribution is 2.12. The zero-order valence-corrected chi connectivity index (χ0v) is 17.3. The number of aryl methyl sites for hydroxylation is 2. The maximum atomic E-state index is 7.04. The molecule has 8 heteroatoms. The van der Waals surface area contributed by atoms with Crippen LogP contribution in [0.25, 0.3) is 0 Å². The summed E-state index contributed by atoms with van der Waals surface area (Å²) in [6, 6.07) is 15.2. The molecule has 0 fully saturated rings. The number of amidine groups is 2. The molecule has 0 spiro atoms. The highest BCUT2D eigenvalue weighted by molar-refractivity contribution is 6.30. The van der Waals surface area contributed by atoms with Gasteiger partial charge in [0.2, 0.25) is 0 Å². The highest BCUT2D eigenvalue weighted by atomic mass is 35.5. The lowest BCUT2D eigenvalue weighted by molar-refractivity contribution is 1.02. The first-order chi connectivity index (χ1) is 11.4. The maximum absolute atomic E-state index is 7.04. The third kappa shape index (κ3) is 12.8. The Kier molecular flexibility index (Phi) is 15.1. The molecule has 0 amide bonds. The van der Waals surface area contributed by atoms with Crippen molar-refractivity contribution in [1.29, 1.82) is 10.8 Å². The largest absolute Gasteiger partial charge is 0.388 e. The number of hydrogen-bond acceptors (Lipinski definition) is 2. The first-order valence-corrected chi connectivity index (χ1v) is 8.27. The van der Waals surface area contributed by atoms with Crippen molar-refractivity contribution in [1.82, 2.24) is 0 Å². The Morgan fingerprint density at radius 2 is 1.08 bits per heavy atom. The lowest BCUT2D eigenvalue weighted by atomic mass is 10.1. The summed E-state index contributed by atoms with van der Waals surface area (Å²) in [6.07, 6.45) is 2.77. The second-order valence-electron chi connectivity index (χ2n) is 5.31. The Balaban J connectivity index is 0. The molecule has 2 aromatic rings. The third-order valence-electron chi connectivity index (χ3n) is 3.14. The molecule has 0 atom stereocenters. The number of rotatable bonds is 6. The average Bonchev–Trinajstić information content (AvgIpc) is 2.52. The van der Waals surface area contributed by atoms with E-state index >= 15 is 0 Å². The molecule has 0 aliphatic rings. The van der Waals surface area contributed by atoms with Gasteiger partial charge in [-0.1, -0.05) is 47.5 Å². The Morgan fingerprint density at radius 3 is 1.35 bits per heavy atom. The van der Waals surface area contributed by atoms with Crippen molar-refractivity contribution in [2.45, 2.75) is 25.7 Å². The topological polar surface area (TPSA) is 99.7 Å². The van der Waals surface area contributed by atoms with E-state index in [2.05, 4.69) is 0 Å². The van der Waals surface area contributed by atoms with E-state index in [1.54, 1.807) is 0 Å². The van der Waals surface area contributed by atoms with Crippen molar-refractivity contribution in [3.05, 3.63) is 69.7 Å². The van der Waals surface area contributed by atoms with Crippen molar-refractivity contribution in [3.8, 4) is 0 Å². The highest BCUT2D eigenvalue weighted by Gasteiger charge is 1.96. The van der Waals surface area contributed by atoms with Gasteiger partial charge >= 0.3 is 0 Å². The Bertz CT molecular complexity index is 633. The number of hydrogen-bond donors (Lipinski definition) is 4. The average molecular weight is 438 g/mol. The molecule has 0 unspecified atom stereocenters. The standard InChI is InChI=1S/2C9H11ClN2.2ClH/c2*10-8-3-1-2-7(6-8)4-5-9(11)12;;/h2*1-3,6H,4-5H2,(H3,11,12);2*1H. The normalized spacial score (nSPS) is 9.00. The summed E-state index contributed by atoms with van der Waals surface area (Å²) in [7, 11) is 0. The summed E-state index contributed by atoms with van der Waals surface area (Å²) in [6.45, 7) is 0. The van der Waals surface area contributed by atoms with Crippen LogP contribution in [0, 0.1) is 10.8 Å². The number of nitrogens with two attached hydrogens (primary N) is 2. The van der Waals surface area contributed by atoms with Crippen LogP contribution in [-0.4, -0.2) is 11.7 Å². The fraction of sp³-hybridized carbons (Fsp3) is 0.222. The van der Waals surface area contributed by atoms with E-state index in [1.807, 2.05) is 48.5 Å². The Morgan fingerprint density at radius 1 is 0.731 bits per heavy atom. The van der Waals surface area contributed by atoms with Crippen LogP contribution < -0.4 is 11.5 Å². The van der Waals surface area contributed by atoms with Gasteiger partial charge < -0.3 is 11.5 Å². The van der Waals surface area contributed by atoms with Crippen molar-refractivity contribution in [2.75, 3.05) is 0 Å². The molecule has 4 nitrogen and oxygen atoms in total. The van der Waals surface area contributed by atoms with Gasteiger partial charge in [0.25, 0.3) is 0 Å². The smallest absolute Gasteiger partial charge is 0.0908 e. The van der Waals surface area contributed by atoms with Crippen molar-refractivity contribution in [3.63, 3.8) is 0 Å². The van der Waals surface area contributed by atoms with Gasteiger partial charge in [0.05, 0.1) is 11.7 Å². The van der Waals surface area contributed by atoms with Gasteiger partial charge in [-0.15, -0.1) is 24.8 Å². The predicted octanol–water partition coefficient (Wildman–Crippen LogP) is 5.26. The molecule has 6 N–H and O–H groups in total. The second kappa shape index (κ2) is 14.7. The second-order valence-corrected chi connectivity index (χ2v) is 6.18. The van der Waals surface area contributed by atoms with Gasteiger partial charge in [0.15, 0.2) is 0 Å². The van der Waals surface area contributed by atoms with E-state index < -0.39 is 0 Å². The first kappa shape index (κ1) is 26.8. The predicted molar refractivity (Wildman–Crippen MR) is 118 cm³/mol. The molecule has 0 aliphatic heterocycles. The minimum Gasteiger partial charge on any atom is -0.388 e. The molecule has 144 valence electrons. The molecule has 0 bridgehead atoms. The molecule has 0 saturated heterocycles. The summed E-state index contributed by atoms with van der Waals surface area (Å²) in [5, 5.41) is 15.5. The van der Waals surface area contributed by atoms with Gasteiger partial charge in [0, 0.05) is 22.9 Å². The molecule has 0 radical (unpaired) electrons. The van der Waals surface area contributed by atoms with Gasteiger partial charge in [0.1, 0.15) is 0 Å². The van der Waals surface area contributed by atoms with E-state index in [9.17, 15) is 0 Å². The lowest BCUT2D eigenvalue weighted by Gasteiger charge is -1.99. The molecule has 0 heterocycles. The minimum absolute atomic E-state index is 0. The third-order valence-corrected chi connectivity index (χ3v) is 3.61. The van der Waals surface area contributed by atoms with Crippen LogP contribution >= 0.6 is 48.0 Å². The molecular weight excluding hydrogens is 414 g/mol. The van der Waals surface area contributed by atoms with Crippen molar-refractivity contribution in [2.24, 2.45) is 11.5 Å². The first-order valence-electron chi connectivity index (χ1n) is 7.51. The fourth-order valence-corrected chi connectivity index (χ4v) is 2.37. The number of halogens is 4. The minimum atomic E-state index is 0. The Hall–Kier alpha value is -1.46. The lowest BCUT2D eigenvalue weighted by Crippen LogP contribution is -2.10. The molecular formula is C18H24Cl4N4. The zero-order valence-electron chi connectivity index (χ0n) is 14.2. The molecule has 2 rings (SSSR count). The van der Waals surface area contributed by atoms with E-state index in [-0.39, 0.29) is 36.5 Å². The van der Waals surface area contributed by atoms with E-state index in [4.69, 9.17) is 45.5 Å². The molecule has 0 aliphatic carbocycles. The number of nitrogens with one attached hydrogen (secondary N) is 2. The van der Waals surface area contributed by atoms with Crippen LogP contribution in [0.3, 0.4) is 0 Å². The summed E-state index contributed by atoms with van der Waals surface area (Å²) < 4.78 is 0. The SMILES string of the molecule is Cl.Cl.N=C(N)CCc1cccc(Cl)c1.N=C(N)CCc1cccc(Cl)c1. The van der Waals surface area contributed by atoms with Crippen LogP contribution in [0.5, 0.6) is 0 Å². The van der Waals surface area contributed by atoms with E-state index in [1.165, 1.54) is 0 Å². The monoisotopic (exact) mass is 436 g/mol. The molecule has 2 aromatic carbocycles. The van der Waals surface area contributed by atoms with Gasteiger partial charge in [-0.05, 0) is 48.2 Å². The number of benzene rings is 2. The van der Waals surface area contributed by atoms with E-state index in [0.717, 1.165) is 34.0 Å². The summed E-state index contributed by atoms with van der Waals surface area (Å²) in [5.41, 5.74) is 12.7. The van der Waals surface area contributed by atoms with Gasteiger partial charge in [-0.25, -0.2) is 0 Å². The van der Waals surface area contributed by atoms with Crippen LogP contribution in [0.2, 0.25) is 10.0 Å². The van der Waals surface area contributed by atoms with Gasteiger partial charge in [-0.2, -0.15) is 0 Å². The molecule has 0 saturated carbocycles. The maximum Gasteiger partial charge on any atom is 0.0908 e. The van der Waals surface area contributed by atoms with Crippen molar-refractivity contribution < 1.29 is 0 Å². The fourth-order valence-electron chi connectivity index (χ4n) is 1.94. The zero-order chi connectivity index (χ0) is 17.9. The Labute approximate surface area is 177 Å². The van der Waals surface area contributed by atoms with Crippen LogP contribution in [0.4, 0.5) is 0 Å². The summed E-state index contributed by atoms with van der Waals surface area (Å²) in [5.74, 6) is 0.435. The van der Waals surface area contributed by atoms with Gasteiger partial charge in [-0.3, -0.25) is 10.8 Å². The van der Waals surface area contributed by atoms with E-state index in [0.29, 0.717) is 12.8 Å².